The van der Waals surface area contributed by atoms with Crippen molar-refractivity contribution in [2.24, 2.45) is 0 Å². The second-order valence-electron chi connectivity index (χ2n) is 3.74. The molecule has 1 N–H and O–H groups in total. The Bertz CT molecular complexity index is 246. The van der Waals surface area contributed by atoms with Crippen LogP contribution in [0.2, 0.25) is 0 Å². The monoisotopic (exact) mass is 302 g/mol. The van der Waals surface area contributed by atoms with Crippen molar-refractivity contribution in [3.63, 3.8) is 0 Å². The van der Waals surface area contributed by atoms with E-state index in [0.717, 1.165) is 44.3 Å². The maximum atomic E-state index is 9.99. The lowest BCUT2D eigenvalue weighted by Crippen LogP contribution is -2.01. The highest BCUT2D eigenvalue weighted by atomic mass is 33.2. The molecule has 0 aliphatic rings. The molecule has 2 nitrogen and oxygen atoms in total. The van der Waals surface area contributed by atoms with E-state index >= 15 is 0 Å². The maximum absolute atomic E-state index is 9.99. The zero-order chi connectivity index (χ0) is 12.4. The molecule has 0 aliphatic heterocycles. The van der Waals surface area contributed by atoms with E-state index in [1.807, 2.05) is 0 Å². The van der Waals surface area contributed by atoms with E-state index in [1.165, 1.54) is 0 Å². The zero-order valence-electron chi connectivity index (χ0n) is 10.2. The molecule has 2 unspecified atom stereocenters. The molecule has 0 saturated carbocycles. The molecule has 2 atom stereocenters. The highest BCUT2D eigenvalue weighted by Crippen LogP contribution is 2.47. The van der Waals surface area contributed by atoms with E-state index in [1.54, 1.807) is 0 Å². The van der Waals surface area contributed by atoms with Gasteiger partial charge in [0.15, 0.2) is 0 Å². The van der Waals surface area contributed by atoms with Crippen LogP contribution in [0.4, 0.5) is 0 Å². The highest BCUT2D eigenvalue weighted by Gasteiger charge is 2.18. The molecule has 0 aromatic rings. The summed E-state index contributed by atoms with van der Waals surface area (Å²) in [7, 11) is -0.545. The minimum Gasteiger partial charge on any atom is -0.337 e. The first-order chi connectivity index (χ1) is 7.54. The Balaban J connectivity index is 3.82. The van der Waals surface area contributed by atoms with Gasteiger partial charge in [-0.1, -0.05) is 39.5 Å². The Labute approximate surface area is 112 Å². The summed E-state index contributed by atoms with van der Waals surface area (Å²) in [5.41, 5.74) is -2.69. The van der Waals surface area contributed by atoms with Gasteiger partial charge in [-0.05, 0) is 44.9 Å². The summed E-state index contributed by atoms with van der Waals surface area (Å²) in [5, 5.41) is 0. The molecular weight excluding hydrogens is 279 g/mol. The second-order valence-corrected chi connectivity index (χ2v) is 12.9. The van der Waals surface area contributed by atoms with Gasteiger partial charge in [-0.2, -0.15) is 0 Å². The van der Waals surface area contributed by atoms with Gasteiger partial charge in [0, 0.05) is 5.75 Å². The van der Waals surface area contributed by atoms with Crippen molar-refractivity contribution >= 4 is 37.8 Å². The van der Waals surface area contributed by atoms with Gasteiger partial charge in [-0.15, -0.1) is 0 Å². The molecule has 0 radical (unpaired) electrons. The van der Waals surface area contributed by atoms with Crippen LogP contribution in [0.3, 0.4) is 0 Å². The van der Waals surface area contributed by atoms with Crippen LogP contribution in [-0.2, 0) is 36.6 Å². The minimum absolute atomic E-state index is 0.545. The summed E-state index contributed by atoms with van der Waals surface area (Å²) < 4.78 is 5.41. The SMILES string of the molecule is CCCCCOP(O)(=S)S(=S)CCCCC. The average molecular weight is 302 g/mol. The Morgan fingerprint density at radius 3 is 2.25 bits per heavy atom. The van der Waals surface area contributed by atoms with Crippen molar-refractivity contribution in [1.82, 2.24) is 0 Å². The molecule has 0 rings (SSSR count). The van der Waals surface area contributed by atoms with E-state index in [0.29, 0.717) is 6.61 Å². The molecule has 0 bridgehead atoms. The summed E-state index contributed by atoms with van der Waals surface area (Å²) in [5.74, 6) is 0.838. The molecule has 0 saturated heterocycles. The van der Waals surface area contributed by atoms with Gasteiger partial charge >= 0.3 is 0 Å². The summed E-state index contributed by atoms with van der Waals surface area (Å²) in [6.45, 7) is 4.85. The first-order valence-electron chi connectivity index (χ1n) is 5.91. The van der Waals surface area contributed by atoms with Gasteiger partial charge in [0.2, 0.25) is 5.69 Å². The summed E-state index contributed by atoms with van der Waals surface area (Å²) in [6, 6.07) is 0. The summed E-state index contributed by atoms with van der Waals surface area (Å²) >= 11 is 10.4. The lowest BCUT2D eigenvalue weighted by atomic mass is 10.3. The predicted octanol–water partition coefficient (Wildman–Crippen LogP) is 3.68. The quantitative estimate of drug-likeness (QED) is 0.492. The molecule has 16 heavy (non-hydrogen) atoms. The van der Waals surface area contributed by atoms with Gasteiger partial charge in [0.25, 0.3) is 0 Å². The fourth-order valence-corrected chi connectivity index (χ4v) is 5.63. The van der Waals surface area contributed by atoms with Crippen LogP contribution in [0.25, 0.3) is 0 Å². The molecule has 0 spiro atoms. The number of unbranched alkanes of at least 4 members (excludes halogenated alkanes) is 4. The maximum Gasteiger partial charge on any atom is 0.248 e. The molecule has 0 aromatic carbocycles. The van der Waals surface area contributed by atoms with E-state index in [9.17, 15) is 4.89 Å². The predicted molar refractivity (Wildman–Crippen MR) is 81.1 cm³/mol. The Morgan fingerprint density at radius 2 is 1.69 bits per heavy atom. The molecule has 98 valence electrons. The summed E-state index contributed by atoms with van der Waals surface area (Å²) in [4.78, 5) is 9.99. The number of hydrogen-bond acceptors (Lipinski definition) is 3. The van der Waals surface area contributed by atoms with Crippen molar-refractivity contribution in [1.29, 1.82) is 0 Å². The fourth-order valence-electron chi connectivity index (χ4n) is 1.18. The van der Waals surface area contributed by atoms with Crippen molar-refractivity contribution in [2.45, 2.75) is 52.4 Å². The van der Waals surface area contributed by atoms with Gasteiger partial charge in [0.1, 0.15) is 0 Å². The number of hydrogen-bond donors (Lipinski definition) is 1. The average Bonchev–Trinajstić information content (AvgIpc) is 2.24. The van der Waals surface area contributed by atoms with Gasteiger partial charge in [-0.3, -0.25) is 0 Å². The molecule has 6 heteroatoms. The number of rotatable bonds is 10. The molecular formula is C10H23O2PS3. The third-order valence-corrected chi connectivity index (χ3v) is 11.4. The van der Waals surface area contributed by atoms with Crippen LogP contribution in [0.5, 0.6) is 0 Å². The van der Waals surface area contributed by atoms with Gasteiger partial charge in [0.05, 0.1) is 6.61 Å². The van der Waals surface area contributed by atoms with Crippen LogP contribution >= 0.6 is 5.69 Å². The molecule has 0 heterocycles. The Hall–Kier alpha value is 1.14. The minimum atomic E-state index is -2.69. The van der Waals surface area contributed by atoms with Crippen molar-refractivity contribution < 1.29 is 9.42 Å². The topological polar surface area (TPSA) is 29.5 Å². The van der Waals surface area contributed by atoms with Crippen LogP contribution in [-0.4, -0.2) is 17.3 Å². The third kappa shape index (κ3) is 8.26. The van der Waals surface area contributed by atoms with Crippen molar-refractivity contribution in [3.8, 4) is 0 Å². The Morgan fingerprint density at radius 1 is 1.12 bits per heavy atom. The molecule has 0 aliphatic carbocycles. The largest absolute Gasteiger partial charge is 0.337 e. The summed E-state index contributed by atoms with van der Waals surface area (Å²) in [6.07, 6.45) is 6.62. The van der Waals surface area contributed by atoms with E-state index in [4.69, 9.17) is 27.5 Å². The third-order valence-electron chi connectivity index (χ3n) is 2.18. The lowest BCUT2D eigenvalue weighted by Gasteiger charge is -2.17. The first-order valence-corrected chi connectivity index (χ1v) is 11.5. The molecule has 0 fully saturated rings. The van der Waals surface area contributed by atoms with Crippen LogP contribution in [0.15, 0.2) is 0 Å². The smallest absolute Gasteiger partial charge is 0.248 e. The standard InChI is InChI=1S/C10H23O2PS3/c1-3-5-7-9-12-13(11,14)16(15)10-8-6-4-2/h3-10H2,1-2H3,(H,11,14). The highest BCUT2D eigenvalue weighted by molar-refractivity contribution is 8.74. The van der Waals surface area contributed by atoms with E-state index in [-0.39, 0.29) is 0 Å². The van der Waals surface area contributed by atoms with Crippen molar-refractivity contribution in [2.75, 3.05) is 12.4 Å². The van der Waals surface area contributed by atoms with Crippen LogP contribution in [0.1, 0.15) is 52.4 Å². The van der Waals surface area contributed by atoms with Crippen molar-refractivity contribution in [3.05, 3.63) is 0 Å². The normalized spacial score (nSPS) is 16.9. The van der Waals surface area contributed by atoms with Crippen LogP contribution < -0.4 is 0 Å². The second kappa shape index (κ2) is 10.1. The van der Waals surface area contributed by atoms with Gasteiger partial charge < -0.3 is 9.42 Å². The Kier molecular flexibility index (Phi) is 10.8. The van der Waals surface area contributed by atoms with E-state index < -0.39 is 14.8 Å². The zero-order valence-corrected chi connectivity index (χ0v) is 13.5. The van der Waals surface area contributed by atoms with E-state index in [2.05, 4.69) is 13.8 Å². The van der Waals surface area contributed by atoms with Crippen LogP contribution in [0, 0.1) is 0 Å². The lowest BCUT2D eigenvalue weighted by molar-refractivity contribution is 0.309. The molecule has 0 aromatic heterocycles. The first kappa shape index (κ1) is 17.1. The van der Waals surface area contributed by atoms with Gasteiger partial charge in [-0.25, -0.2) is 0 Å². The fraction of sp³-hybridized carbons (Fsp3) is 1.00. The molecule has 0 amide bonds.